The minimum Gasteiger partial charge on any atom is -0.496 e. The minimum atomic E-state index is -0.506. The van der Waals surface area contributed by atoms with Crippen molar-refractivity contribution in [2.75, 3.05) is 27.9 Å². The summed E-state index contributed by atoms with van der Waals surface area (Å²) in [7, 11) is 4.61. The molecule has 0 heterocycles. The van der Waals surface area contributed by atoms with Gasteiger partial charge in [0.1, 0.15) is 12.4 Å². The number of benzene rings is 2. The number of esters is 1. The van der Waals surface area contributed by atoms with Crippen LogP contribution in [0.5, 0.6) is 17.2 Å². The number of rotatable bonds is 9. The summed E-state index contributed by atoms with van der Waals surface area (Å²) in [6, 6.07) is 9.34. The molecule has 0 N–H and O–H groups in total. The predicted molar refractivity (Wildman–Crippen MR) is 103 cm³/mol. The van der Waals surface area contributed by atoms with Crippen LogP contribution in [0.4, 0.5) is 5.69 Å². The summed E-state index contributed by atoms with van der Waals surface area (Å²) in [5.41, 5.74) is 1.19. The molecule has 0 bridgehead atoms. The summed E-state index contributed by atoms with van der Waals surface area (Å²) >= 11 is 0. The summed E-state index contributed by atoms with van der Waals surface area (Å²) < 4.78 is 21.0. The van der Waals surface area contributed by atoms with E-state index < -0.39 is 10.9 Å². The zero-order valence-electron chi connectivity index (χ0n) is 15.8. The number of nitro groups is 1. The van der Waals surface area contributed by atoms with Crippen molar-refractivity contribution in [2.45, 2.75) is 6.42 Å². The number of methoxy groups -OCH3 is 3. The number of nitrogens with zero attached hydrogens (tertiary/aromatic N) is 1. The summed E-state index contributed by atoms with van der Waals surface area (Å²) in [5, 5.41) is 10.8. The highest BCUT2D eigenvalue weighted by molar-refractivity contribution is 5.73. The fourth-order valence-corrected chi connectivity index (χ4v) is 2.50. The fraction of sp³-hybridized carbons (Fsp3) is 0.250. The quantitative estimate of drug-likeness (QED) is 0.369. The average molecular weight is 387 g/mol. The van der Waals surface area contributed by atoms with E-state index in [4.69, 9.17) is 18.9 Å². The van der Waals surface area contributed by atoms with Gasteiger partial charge in [-0.1, -0.05) is 18.2 Å². The van der Waals surface area contributed by atoms with Crippen molar-refractivity contribution < 1.29 is 28.7 Å². The molecule has 0 unspecified atom stereocenters. The molecule has 0 atom stereocenters. The van der Waals surface area contributed by atoms with Crippen LogP contribution in [0.2, 0.25) is 0 Å². The van der Waals surface area contributed by atoms with E-state index in [0.29, 0.717) is 22.8 Å². The third kappa shape index (κ3) is 5.47. The molecule has 0 aromatic heterocycles. The summed E-state index contributed by atoms with van der Waals surface area (Å²) in [6.07, 6.45) is 3.35. The van der Waals surface area contributed by atoms with Gasteiger partial charge >= 0.3 is 5.97 Å². The molecule has 0 saturated heterocycles. The van der Waals surface area contributed by atoms with Crippen LogP contribution in [0.25, 0.3) is 6.08 Å². The zero-order valence-corrected chi connectivity index (χ0v) is 15.8. The van der Waals surface area contributed by atoms with Crippen molar-refractivity contribution in [1.29, 1.82) is 0 Å². The highest BCUT2D eigenvalue weighted by atomic mass is 16.6. The second-order valence-electron chi connectivity index (χ2n) is 5.64. The van der Waals surface area contributed by atoms with Crippen LogP contribution >= 0.6 is 0 Å². The maximum Gasteiger partial charge on any atom is 0.310 e. The number of carbonyl (C=O) groups is 1. The van der Waals surface area contributed by atoms with Crippen molar-refractivity contribution >= 4 is 17.7 Å². The summed E-state index contributed by atoms with van der Waals surface area (Å²) in [4.78, 5) is 22.2. The predicted octanol–water partition coefficient (Wildman–Crippen LogP) is 3.42. The molecule has 0 aliphatic heterocycles. The largest absolute Gasteiger partial charge is 0.496 e. The molecule has 28 heavy (non-hydrogen) atoms. The Hall–Kier alpha value is -3.55. The fourth-order valence-electron chi connectivity index (χ4n) is 2.50. The first-order chi connectivity index (χ1) is 13.5. The SMILES string of the molecule is COc1cc(OC)c(OC)cc1/C=C/COC(=O)Cc1cccc([N+](=O)[O-])c1. The molecule has 2 rings (SSSR count). The van der Waals surface area contributed by atoms with E-state index in [1.165, 1.54) is 39.5 Å². The first kappa shape index (κ1) is 20.8. The molecule has 8 nitrogen and oxygen atoms in total. The Kier molecular flexibility index (Phi) is 7.38. The molecule has 2 aromatic rings. The molecule has 0 aliphatic carbocycles. The van der Waals surface area contributed by atoms with Gasteiger partial charge in [0.25, 0.3) is 5.69 Å². The van der Waals surface area contributed by atoms with E-state index >= 15 is 0 Å². The van der Waals surface area contributed by atoms with E-state index in [-0.39, 0.29) is 18.7 Å². The smallest absolute Gasteiger partial charge is 0.310 e. The Bertz CT molecular complexity index is 877. The molecule has 2 aromatic carbocycles. The van der Waals surface area contributed by atoms with Gasteiger partial charge in [0.15, 0.2) is 11.5 Å². The van der Waals surface area contributed by atoms with Gasteiger partial charge in [-0.2, -0.15) is 0 Å². The number of hydrogen-bond donors (Lipinski definition) is 0. The Balaban J connectivity index is 1.97. The number of carbonyl (C=O) groups excluding carboxylic acids is 1. The van der Waals surface area contributed by atoms with Crippen molar-refractivity contribution in [3.63, 3.8) is 0 Å². The zero-order chi connectivity index (χ0) is 20.5. The lowest BCUT2D eigenvalue weighted by molar-refractivity contribution is -0.384. The lowest BCUT2D eigenvalue weighted by Crippen LogP contribution is -2.08. The second-order valence-corrected chi connectivity index (χ2v) is 5.64. The van der Waals surface area contributed by atoms with E-state index in [1.54, 1.807) is 30.4 Å². The second kappa shape index (κ2) is 9.96. The summed E-state index contributed by atoms with van der Waals surface area (Å²) in [6.45, 7) is 0.0469. The minimum absolute atomic E-state index is 0.0464. The molecule has 0 radical (unpaired) electrons. The van der Waals surface area contributed by atoms with E-state index in [1.807, 2.05) is 0 Å². The molecular weight excluding hydrogens is 366 g/mol. The Morgan fingerprint density at radius 3 is 2.36 bits per heavy atom. The lowest BCUT2D eigenvalue weighted by atomic mass is 10.1. The van der Waals surface area contributed by atoms with E-state index in [0.717, 1.165) is 5.56 Å². The standard InChI is InChI=1S/C20H21NO7/c1-25-17-13-19(27-3)18(26-2)12-15(17)7-5-9-28-20(22)11-14-6-4-8-16(10-14)21(23)24/h4-8,10,12-13H,9,11H2,1-3H3/b7-5+. The van der Waals surface area contributed by atoms with Gasteiger partial charge in [-0.15, -0.1) is 0 Å². The van der Waals surface area contributed by atoms with Crippen LogP contribution in [-0.2, 0) is 16.0 Å². The molecule has 0 spiro atoms. The number of nitro benzene ring substituents is 1. The number of ether oxygens (including phenoxy) is 4. The highest BCUT2D eigenvalue weighted by Crippen LogP contribution is 2.35. The average Bonchev–Trinajstić information content (AvgIpc) is 2.70. The van der Waals surface area contributed by atoms with Crippen LogP contribution in [0, 0.1) is 10.1 Å². The number of non-ortho nitro benzene ring substituents is 1. The molecule has 0 fully saturated rings. The van der Waals surface area contributed by atoms with Gasteiger partial charge in [0, 0.05) is 23.8 Å². The monoisotopic (exact) mass is 387 g/mol. The highest BCUT2D eigenvalue weighted by Gasteiger charge is 2.11. The molecule has 0 aliphatic rings. The van der Waals surface area contributed by atoms with Crippen molar-refractivity contribution in [1.82, 2.24) is 0 Å². The maximum atomic E-state index is 11.9. The molecule has 0 amide bonds. The Morgan fingerprint density at radius 1 is 1.04 bits per heavy atom. The topological polar surface area (TPSA) is 97.1 Å². The van der Waals surface area contributed by atoms with Crippen molar-refractivity contribution in [3.8, 4) is 17.2 Å². The van der Waals surface area contributed by atoms with Crippen molar-refractivity contribution in [3.05, 3.63) is 63.7 Å². The van der Waals surface area contributed by atoms with Gasteiger partial charge in [-0.3, -0.25) is 14.9 Å². The van der Waals surface area contributed by atoms with Gasteiger partial charge in [0.2, 0.25) is 0 Å². The van der Waals surface area contributed by atoms with E-state index in [9.17, 15) is 14.9 Å². The van der Waals surface area contributed by atoms with Crippen LogP contribution < -0.4 is 14.2 Å². The first-order valence-corrected chi connectivity index (χ1v) is 8.34. The van der Waals surface area contributed by atoms with Crippen LogP contribution in [0.1, 0.15) is 11.1 Å². The summed E-state index contributed by atoms with van der Waals surface area (Å²) in [5.74, 6) is 1.19. The van der Waals surface area contributed by atoms with Crippen LogP contribution in [-0.4, -0.2) is 38.8 Å². The lowest BCUT2D eigenvalue weighted by Gasteiger charge is -2.12. The third-order valence-electron chi connectivity index (χ3n) is 3.84. The third-order valence-corrected chi connectivity index (χ3v) is 3.84. The Morgan fingerprint density at radius 2 is 1.71 bits per heavy atom. The first-order valence-electron chi connectivity index (χ1n) is 8.34. The van der Waals surface area contributed by atoms with Gasteiger partial charge in [-0.05, 0) is 17.7 Å². The van der Waals surface area contributed by atoms with E-state index in [2.05, 4.69) is 0 Å². The molecular formula is C20H21NO7. The Labute approximate surface area is 162 Å². The molecule has 148 valence electrons. The van der Waals surface area contributed by atoms with Gasteiger partial charge in [0.05, 0.1) is 32.7 Å². The van der Waals surface area contributed by atoms with Crippen LogP contribution in [0.15, 0.2) is 42.5 Å². The van der Waals surface area contributed by atoms with Crippen LogP contribution in [0.3, 0.4) is 0 Å². The van der Waals surface area contributed by atoms with Crippen molar-refractivity contribution in [2.24, 2.45) is 0 Å². The normalized spacial score (nSPS) is 10.5. The molecule has 0 saturated carbocycles. The molecule has 8 heteroatoms. The maximum absolute atomic E-state index is 11.9. The van der Waals surface area contributed by atoms with Gasteiger partial charge in [-0.25, -0.2) is 0 Å². The van der Waals surface area contributed by atoms with Gasteiger partial charge < -0.3 is 18.9 Å². The number of hydrogen-bond acceptors (Lipinski definition) is 7.